The van der Waals surface area contributed by atoms with Gasteiger partial charge < -0.3 is 18.9 Å². The first-order chi connectivity index (χ1) is 16.7. The van der Waals surface area contributed by atoms with Crippen LogP contribution in [0.1, 0.15) is 49.5 Å². The Labute approximate surface area is 205 Å². The van der Waals surface area contributed by atoms with Crippen LogP contribution < -0.4 is 4.90 Å². The zero-order valence-electron chi connectivity index (χ0n) is 20.7. The van der Waals surface area contributed by atoms with Crippen LogP contribution >= 0.6 is 0 Å². The predicted octanol–water partition coefficient (Wildman–Crippen LogP) is 4.46. The molecule has 1 aromatic carbocycles. The van der Waals surface area contributed by atoms with Gasteiger partial charge in [-0.3, -0.25) is 4.90 Å². The van der Waals surface area contributed by atoms with E-state index in [2.05, 4.69) is 32.8 Å². The number of hydrogen-bond acceptors (Lipinski definition) is 6. The molecule has 1 amide bonds. The van der Waals surface area contributed by atoms with Gasteiger partial charge in [0.15, 0.2) is 0 Å². The molecule has 0 spiro atoms. The van der Waals surface area contributed by atoms with E-state index in [9.17, 15) is 9.59 Å². The molecule has 2 aromatic heterocycles. The van der Waals surface area contributed by atoms with Gasteiger partial charge >= 0.3 is 12.1 Å². The molecule has 5 rings (SSSR count). The standard InChI is InChI=1S/C27H32N4O4/c1-27(2,3)35-26(33)31-20-9-10-21(31)17-30(16-20)23-11-13-28-24-22(23)12-14-29(24)15-18-5-7-19(8-6-18)25(32)34-4/h5-8,11-14,20-21H,9-10,15-17H2,1-4H3/t20-,21+. The number of piperazine rings is 1. The highest BCUT2D eigenvalue weighted by atomic mass is 16.6. The van der Waals surface area contributed by atoms with Crippen LogP contribution in [-0.4, -0.2) is 64.4 Å². The minimum atomic E-state index is -0.493. The predicted molar refractivity (Wildman–Crippen MR) is 134 cm³/mol. The van der Waals surface area contributed by atoms with Crippen molar-refractivity contribution in [1.82, 2.24) is 14.5 Å². The topological polar surface area (TPSA) is 76.9 Å². The molecule has 2 aliphatic heterocycles. The van der Waals surface area contributed by atoms with E-state index in [1.54, 1.807) is 12.1 Å². The lowest BCUT2D eigenvalue weighted by Crippen LogP contribution is -2.56. The average molecular weight is 477 g/mol. The summed E-state index contributed by atoms with van der Waals surface area (Å²) in [5.74, 6) is -0.338. The number of aromatic nitrogens is 2. The molecule has 2 aliphatic rings. The van der Waals surface area contributed by atoms with Crippen LogP contribution in [0, 0.1) is 0 Å². The fourth-order valence-electron chi connectivity index (χ4n) is 5.25. The third kappa shape index (κ3) is 4.57. The lowest BCUT2D eigenvalue weighted by molar-refractivity contribution is 0.0123. The van der Waals surface area contributed by atoms with Crippen LogP contribution in [0.25, 0.3) is 11.0 Å². The monoisotopic (exact) mass is 476 g/mol. The number of rotatable bonds is 4. The highest BCUT2D eigenvalue weighted by Gasteiger charge is 2.44. The molecule has 2 atom stereocenters. The Morgan fingerprint density at radius 2 is 1.71 bits per heavy atom. The molecule has 3 aromatic rings. The number of ether oxygens (including phenoxy) is 2. The van der Waals surface area contributed by atoms with Gasteiger partial charge in [0.1, 0.15) is 11.2 Å². The Hall–Kier alpha value is -3.55. The summed E-state index contributed by atoms with van der Waals surface area (Å²) in [6.45, 7) is 7.96. The fraction of sp³-hybridized carbons (Fsp3) is 0.444. The van der Waals surface area contributed by atoms with Crippen molar-refractivity contribution in [3.8, 4) is 0 Å². The minimum absolute atomic E-state index is 0.155. The maximum atomic E-state index is 12.8. The zero-order valence-corrected chi connectivity index (χ0v) is 20.7. The van der Waals surface area contributed by atoms with Gasteiger partial charge in [-0.05, 0) is 63.4 Å². The first kappa shape index (κ1) is 23.2. The van der Waals surface area contributed by atoms with Gasteiger partial charge in [0.25, 0.3) is 0 Å². The Kier molecular flexibility index (Phi) is 5.91. The summed E-state index contributed by atoms with van der Waals surface area (Å²) in [6, 6.07) is 11.9. The Morgan fingerprint density at radius 1 is 1.03 bits per heavy atom. The number of pyridine rings is 1. The van der Waals surface area contributed by atoms with Crippen molar-refractivity contribution in [2.45, 2.75) is 57.8 Å². The second kappa shape index (κ2) is 8.91. The molecule has 0 unspecified atom stereocenters. The second-order valence-corrected chi connectivity index (χ2v) is 10.4. The highest BCUT2D eigenvalue weighted by molar-refractivity contribution is 5.91. The maximum absolute atomic E-state index is 12.8. The molecule has 0 aliphatic carbocycles. The number of esters is 1. The van der Waals surface area contributed by atoms with Crippen molar-refractivity contribution in [3.05, 3.63) is 59.9 Å². The lowest BCUT2D eigenvalue weighted by atomic mass is 10.1. The molecule has 0 N–H and O–H groups in total. The van der Waals surface area contributed by atoms with Crippen molar-refractivity contribution in [1.29, 1.82) is 0 Å². The Bertz CT molecular complexity index is 1230. The number of anilines is 1. The minimum Gasteiger partial charge on any atom is -0.465 e. The normalized spacial score (nSPS) is 19.8. The van der Waals surface area contributed by atoms with Crippen LogP contribution in [0.15, 0.2) is 48.8 Å². The van der Waals surface area contributed by atoms with E-state index in [1.807, 2.05) is 44.0 Å². The van der Waals surface area contributed by atoms with E-state index < -0.39 is 5.60 Å². The Morgan fingerprint density at radius 3 is 2.34 bits per heavy atom. The molecule has 2 fully saturated rings. The van der Waals surface area contributed by atoms with Crippen LogP contribution in [-0.2, 0) is 16.0 Å². The number of benzene rings is 1. The lowest BCUT2D eigenvalue weighted by Gasteiger charge is -2.42. The van der Waals surface area contributed by atoms with Crippen molar-refractivity contribution in [3.63, 3.8) is 0 Å². The van der Waals surface area contributed by atoms with Gasteiger partial charge in [0.05, 0.1) is 24.8 Å². The van der Waals surface area contributed by atoms with Gasteiger partial charge in [-0.2, -0.15) is 0 Å². The number of fused-ring (bicyclic) bond motifs is 3. The van der Waals surface area contributed by atoms with Crippen molar-refractivity contribution in [2.24, 2.45) is 0 Å². The fourth-order valence-corrected chi connectivity index (χ4v) is 5.25. The molecule has 0 saturated carbocycles. The molecule has 8 nitrogen and oxygen atoms in total. The van der Waals surface area contributed by atoms with Crippen molar-refractivity contribution in [2.75, 3.05) is 25.1 Å². The molecule has 0 radical (unpaired) electrons. The maximum Gasteiger partial charge on any atom is 0.410 e. The van der Waals surface area contributed by atoms with Crippen molar-refractivity contribution < 1.29 is 19.1 Å². The van der Waals surface area contributed by atoms with E-state index >= 15 is 0 Å². The highest BCUT2D eigenvalue weighted by Crippen LogP contribution is 2.36. The number of amides is 1. The van der Waals surface area contributed by atoms with Gasteiger partial charge in [0.2, 0.25) is 0 Å². The number of hydrogen-bond donors (Lipinski definition) is 0. The first-order valence-corrected chi connectivity index (χ1v) is 12.1. The molecule has 8 heteroatoms. The summed E-state index contributed by atoms with van der Waals surface area (Å²) < 4.78 is 12.6. The van der Waals surface area contributed by atoms with Crippen LogP contribution in [0.3, 0.4) is 0 Å². The number of methoxy groups -OCH3 is 1. The second-order valence-electron chi connectivity index (χ2n) is 10.4. The number of carbonyl (C=O) groups is 2. The first-order valence-electron chi connectivity index (χ1n) is 12.1. The van der Waals surface area contributed by atoms with Gasteiger partial charge in [-0.15, -0.1) is 0 Å². The summed E-state index contributed by atoms with van der Waals surface area (Å²) in [4.78, 5) is 33.6. The SMILES string of the molecule is COC(=O)c1ccc(Cn2ccc3c(N4C[C@H]5CC[C@@H](C4)N5C(=O)OC(C)(C)C)ccnc32)cc1. The number of carbonyl (C=O) groups excluding carboxylic acids is 2. The van der Waals surface area contributed by atoms with E-state index in [1.165, 1.54) is 7.11 Å². The summed E-state index contributed by atoms with van der Waals surface area (Å²) in [5, 5.41) is 1.10. The zero-order chi connectivity index (χ0) is 24.7. The molecule has 35 heavy (non-hydrogen) atoms. The van der Waals surface area contributed by atoms with E-state index in [0.29, 0.717) is 12.1 Å². The van der Waals surface area contributed by atoms with Crippen LogP contribution in [0.5, 0.6) is 0 Å². The summed E-state index contributed by atoms with van der Waals surface area (Å²) in [7, 11) is 1.38. The molecule has 184 valence electrons. The van der Waals surface area contributed by atoms with Gasteiger partial charge in [-0.1, -0.05) is 12.1 Å². The number of nitrogens with zero attached hydrogens (tertiary/aromatic N) is 4. The third-order valence-corrected chi connectivity index (χ3v) is 6.79. The largest absolute Gasteiger partial charge is 0.465 e. The van der Waals surface area contributed by atoms with E-state index in [-0.39, 0.29) is 24.1 Å². The molecule has 2 bridgehead atoms. The van der Waals surface area contributed by atoms with Crippen LogP contribution in [0.4, 0.5) is 10.5 Å². The molecular formula is C27H32N4O4. The Balaban J connectivity index is 1.35. The van der Waals surface area contributed by atoms with Gasteiger partial charge in [-0.25, -0.2) is 14.6 Å². The molecule has 2 saturated heterocycles. The van der Waals surface area contributed by atoms with Gasteiger partial charge in [0, 0.05) is 43.1 Å². The molecular weight excluding hydrogens is 444 g/mol. The summed E-state index contributed by atoms with van der Waals surface area (Å²) >= 11 is 0. The van der Waals surface area contributed by atoms with Crippen molar-refractivity contribution >= 4 is 28.8 Å². The molecule has 4 heterocycles. The average Bonchev–Trinajstić information content (AvgIpc) is 3.35. The van der Waals surface area contributed by atoms with E-state index in [4.69, 9.17) is 9.47 Å². The third-order valence-electron chi connectivity index (χ3n) is 6.79. The summed E-state index contributed by atoms with van der Waals surface area (Å²) in [5.41, 5.74) is 3.19. The quantitative estimate of drug-likeness (QED) is 0.518. The van der Waals surface area contributed by atoms with Crippen LogP contribution in [0.2, 0.25) is 0 Å². The summed E-state index contributed by atoms with van der Waals surface area (Å²) in [6.07, 6.45) is 5.71. The van der Waals surface area contributed by atoms with E-state index in [0.717, 1.165) is 48.2 Å². The smallest absolute Gasteiger partial charge is 0.410 e.